The second-order valence-electron chi connectivity index (χ2n) is 8.82. The largest absolute Gasteiger partial charge is 0.508 e. The van der Waals surface area contributed by atoms with Crippen molar-refractivity contribution in [3.05, 3.63) is 69.2 Å². The van der Waals surface area contributed by atoms with E-state index >= 15 is 0 Å². The van der Waals surface area contributed by atoms with E-state index in [4.69, 9.17) is 9.15 Å². The van der Waals surface area contributed by atoms with Crippen molar-refractivity contribution in [2.45, 2.75) is 52.7 Å². The Morgan fingerprint density at radius 2 is 1.89 bits per heavy atom. The number of amides is 1. The molecule has 0 aliphatic rings. The maximum Gasteiger partial charge on any atom is 0.339 e. The van der Waals surface area contributed by atoms with E-state index in [1.807, 2.05) is 13.8 Å². The molecule has 0 aliphatic heterocycles. The standard InChI is InChI=1S/C27H28N2O7/c1-5-18-13(2)19-7-9-23(14(3)24(19)36-27(18)34)35-15(4)25(31)29-22(26(32)33)10-16-12-28-21-8-6-17(30)11-20(16)21/h6-9,11-12,15,22,28,30H,5,10H2,1-4H3,(H,29,31)(H,32,33)/t15-,22-/m1/s1. The van der Waals surface area contributed by atoms with E-state index in [2.05, 4.69) is 10.3 Å². The van der Waals surface area contributed by atoms with Crippen molar-refractivity contribution in [2.75, 3.05) is 0 Å². The minimum atomic E-state index is -1.21. The van der Waals surface area contributed by atoms with Gasteiger partial charge in [-0.3, -0.25) is 4.79 Å². The lowest BCUT2D eigenvalue weighted by Crippen LogP contribution is -2.47. The first kappa shape index (κ1) is 24.8. The average Bonchev–Trinajstić information content (AvgIpc) is 3.22. The lowest BCUT2D eigenvalue weighted by atomic mass is 10.0. The number of aryl methyl sites for hydroxylation is 2. The Labute approximate surface area is 206 Å². The van der Waals surface area contributed by atoms with Crippen molar-refractivity contribution in [3.8, 4) is 11.5 Å². The zero-order valence-electron chi connectivity index (χ0n) is 20.5. The van der Waals surface area contributed by atoms with Gasteiger partial charge in [0.1, 0.15) is 23.1 Å². The highest BCUT2D eigenvalue weighted by atomic mass is 16.5. The Bertz CT molecular complexity index is 1530. The van der Waals surface area contributed by atoms with Gasteiger partial charge in [0.2, 0.25) is 0 Å². The van der Waals surface area contributed by atoms with Gasteiger partial charge in [-0.1, -0.05) is 6.92 Å². The predicted octanol–water partition coefficient (Wildman–Crippen LogP) is 3.74. The molecule has 0 fully saturated rings. The molecule has 0 saturated carbocycles. The summed E-state index contributed by atoms with van der Waals surface area (Å²) in [7, 11) is 0. The molecule has 1 amide bonds. The maximum absolute atomic E-state index is 12.9. The van der Waals surface area contributed by atoms with Gasteiger partial charge in [0.25, 0.3) is 5.91 Å². The quantitative estimate of drug-likeness (QED) is 0.275. The predicted molar refractivity (Wildman–Crippen MR) is 135 cm³/mol. The molecule has 4 rings (SSSR count). The molecule has 4 aromatic rings. The topological polar surface area (TPSA) is 142 Å². The molecule has 9 nitrogen and oxygen atoms in total. The molecule has 188 valence electrons. The fourth-order valence-corrected chi connectivity index (χ4v) is 4.40. The van der Waals surface area contributed by atoms with Gasteiger partial charge in [0, 0.05) is 40.0 Å². The van der Waals surface area contributed by atoms with Crippen LogP contribution >= 0.6 is 0 Å². The van der Waals surface area contributed by atoms with Crippen LogP contribution in [0.15, 0.2) is 45.7 Å². The van der Waals surface area contributed by atoms with E-state index in [9.17, 15) is 24.6 Å². The fourth-order valence-electron chi connectivity index (χ4n) is 4.40. The number of hydrogen-bond acceptors (Lipinski definition) is 6. The SMILES string of the molecule is CCc1c(C)c2ccc(O[C@H](C)C(=O)N[C@H](Cc3c[nH]c4ccc(O)cc34)C(=O)O)c(C)c2oc1=O. The molecule has 2 heterocycles. The lowest BCUT2D eigenvalue weighted by molar-refractivity contribution is -0.142. The van der Waals surface area contributed by atoms with Gasteiger partial charge >= 0.3 is 11.6 Å². The maximum atomic E-state index is 12.9. The summed E-state index contributed by atoms with van der Waals surface area (Å²) in [5, 5.41) is 23.5. The van der Waals surface area contributed by atoms with Crippen molar-refractivity contribution < 1.29 is 29.0 Å². The fraction of sp³-hybridized carbons (Fsp3) is 0.296. The first-order valence-corrected chi connectivity index (χ1v) is 11.6. The van der Waals surface area contributed by atoms with E-state index in [1.165, 1.54) is 13.0 Å². The third-order valence-corrected chi connectivity index (χ3v) is 6.47. The molecule has 0 spiro atoms. The number of benzene rings is 2. The summed E-state index contributed by atoms with van der Waals surface area (Å²) in [6.45, 7) is 7.02. The van der Waals surface area contributed by atoms with Crippen molar-refractivity contribution in [1.82, 2.24) is 10.3 Å². The summed E-state index contributed by atoms with van der Waals surface area (Å²) in [6, 6.07) is 7.04. The average molecular weight is 493 g/mol. The molecule has 2 atom stereocenters. The Morgan fingerprint density at radius 3 is 2.58 bits per heavy atom. The Morgan fingerprint density at radius 1 is 1.14 bits per heavy atom. The van der Waals surface area contributed by atoms with Gasteiger partial charge in [-0.25, -0.2) is 9.59 Å². The minimum Gasteiger partial charge on any atom is -0.508 e. The van der Waals surface area contributed by atoms with Crippen LogP contribution in [0.1, 0.15) is 36.1 Å². The molecule has 0 aliphatic carbocycles. The molecule has 0 radical (unpaired) electrons. The zero-order chi connectivity index (χ0) is 26.1. The summed E-state index contributed by atoms with van der Waals surface area (Å²) < 4.78 is 11.4. The number of aromatic amines is 1. The van der Waals surface area contributed by atoms with Crippen LogP contribution in [0.2, 0.25) is 0 Å². The number of carbonyl (C=O) groups excluding carboxylic acids is 1. The molecule has 0 saturated heterocycles. The van der Waals surface area contributed by atoms with Gasteiger partial charge in [0.15, 0.2) is 6.10 Å². The minimum absolute atomic E-state index is 0.0104. The van der Waals surface area contributed by atoms with Crippen LogP contribution in [0, 0.1) is 13.8 Å². The van der Waals surface area contributed by atoms with E-state index in [0.29, 0.717) is 39.8 Å². The number of hydrogen-bond donors (Lipinski definition) is 4. The van der Waals surface area contributed by atoms with E-state index < -0.39 is 29.6 Å². The summed E-state index contributed by atoms with van der Waals surface area (Å²) in [6.07, 6.45) is 1.21. The van der Waals surface area contributed by atoms with Gasteiger partial charge in [-0.05, 0) is 68.7 Å². The number of phenolic OH excluding ortho intramolecular Hbond substituents is 1. The highest BCUT2D eigenvalue weighted by Crippen LogP contribution is 2.30. The second kappa shape index (κ2) is 9.77. The van der Waals surface area contributed by atoms with Crippen LogP contribution in [-0.2, 0) is 22.4 Å². The summed E-state index contributed by atoms with van der Waals surface area (Å²) >= 11 is 0. The van der Waals surface area contributed by atoms with Gasteiger partial charge in [0.05, 0.1) is 0 Å². The van der Waals surface area contributed by atoms with Crippen molar-refractivity contribution in [1.29, 1.82) is 0 Å². The summed E-state index contributed by atoms with van der Waals surface area (Å²) in [5.41, 5.74) is 3.42. The zero-order valence-corrected chi connectivity index (χ0v) is 20.5. The number of H-pyrrole nitrogens is 1. The van der Waals surface area contributed by atoms with Crippen molar-refractivity contribution in [3.63, 3.8) is 0 Å². The van der Waals surface area contributed by atoms with Crippen molar-refractivity contribution in [2.24, 2.45) is 0 Å². The highest BCUT2D eigenvalue weighted by Gasteiger charge is 2.26. The van der Waals surface area contributed by atoms with Crippen LogP contribution in [0.5, 0.6) is 11.5 Å². The smallest absolute Gasteiger partial charge is 0.339 e. The summed E-state index contributed by atoms with van der Waals surface area (Å²) in [5.74, 6) is -1.39. The molecule has 0 unspecified atom stereocenters. The molecular formula is C27H28N2O7. The molecule has 2 aromatic heterocycles. The van der Waals surface area contributed by atoms with E-state index in [-0.39, 0.29) is 12.2 Å². The number of carboxylic acid groups (broad SMARTS) is 1. The van der Waals surface area contributed by atoms with E-state index in [0.717, 1.165) is 16.5 Å². The number of aromatic hydroxyl groups is 1. The van der Waals surface area contributed by atoms with Crippen LogP contribution in [0.3, 0.4) is 0 Å². The first-order valence-electron chi connectivity index (χ1n) is 11.6. The number of nitrogens with one attached hydrogen (secondary N) is 2. The number of ether oxygens (including phenoxy) is 1. The Kier molecular flexibility index (Phi) is 6.74. The third kappa shape index (κ3) is 4.64. The molecule has 36 heavy (non-hydrogen) atoms. The van der Waals surface area contributed by atoms with Crippen LogP contribution in [0.25, 0.3) is 21.9 Å². The number of fused-ring (bicyclic) bond motifs is 2. The lowest BCUT2D eigenvalue weighted by Gasteiger charge is -2.20. The Hall–Kier alpha value is -4.27. The molecule has 4 N–H and O–H groups in total. The van der Waals surface area contributed by atoms with Crippen molar-refractivity contribution >= 4 is 33.7 Å². The monoisotopic (exact) mass is 492 g/mol. The number of carboxylic acids is 1. The van der Waals surface area contributed by atoms with E-state index in [1.54, 1.807) is 37.4 Å². The van der Waals surface area contributed by atoms with Gasteiger partial charge < -0.3 is 29.7 Å². The molecule has 2 aromatic carbocycles. The first-order chi connectivity index (χ1) is 17.1. The van der Waals surface area contributed by atoms with Crippen LogP contribution in [0.4, 0.5) is 0 Å². The second-order valence-corrected chi connectivity index (χ2v) is 8.82. The number of phenols is 1. The van der Waals surface area contributed by atoms with Gasteiger partial charge in [-0.2, -0.15) is 0 Å². The van der Waals surface area contributed by atoms with Gasteiger partial charge in [-0.15, -0.1) is 0 Å². The molecular weight excluding hydrogens is 464 g/mol. The molecule has 9 heteroatoms. The number of carbonyl (C=O) groups is 2. The highest BCUT2D eigenvalue weighted by molar-refractivity contribution is 5.89. The Balaban J connectivity index is 1.53. The number of aliphatic carboxylic acids is 1. The van der Waals surface area contributed by atoms with Crippen LogP contribution < -0.4 is 15.7 Å². The van der Waals surface area contributed by atoms with Crippen LogP contribution in [-0.4, -0.2) is 39.2 Å². The normalized spacial score (nSPS) is 13.0. The number of rotatable bonds is 8. The third-order valence-electron chi connectivity index (χ3n) is 6.47. The molecule has 0 bridgehead atoms. The summed E-state index contributed by atoms with van der Waals surface area (Å²) in [4.78, 5) is 40.1. The number of aromatic nitrogens is 1.